The van der Waals surface area contributed by atoms with Gasteiger partial charge in [0.15, 0.2) is 0 Å². The van der Waals surface area contributed by atoms with Crippen molar-refractivity contribution in [3.05, 3.63) is 47.5 Å². The van der Waals surface area contributed by atoms with E-state index in [1.54, 1.807) is 0 Å². The molecule has 11 heteroatoms. The summed E-state index contributed by atoms with van der Waals surface area (Å²) in [5.41, 5.74) is 4.11. The summed E-state index contributed by atoms with van der Waals surface area (Å²) in [6.07, 6.45) is 4.98. The van der Waals surface area contributed by atoms with Gasteiger partial charge in [-0.15, -0.1) is 10.2 Å². The highest BCUT2D eigenvalue weighted by atomic mass is 32.2. The van der Waals surface area contributed by atoms with Crippen LogP contribution in [0.4, 0.5) is 0 Å². The molecule has 3 aliphatic rings. The summed E-state index contributed by atoms with van der Waals surface area (Å²) >= 11 is 0. The number of nitrogens with one attached hydrogen (secondary N) is 3. The molecule has 0 spiro atoms. The van der Waals surface area contributed by atoms with Gasteiger partial charge in [0.1, 0.15) is 0 Å². The number of hydrogen-bond donors (Lipinski definition) is 4. The van der Waals surface area contributed by atoms with Crippen LogP contribution in [0.2, 0.25) is 0 Å². The first-order valence-corrected chi connectivity index (χ1v) is 15.7. The van der Waals surface area contributed by atoms with E-state index in [9.17, 15) is 8.42 Å². The highest BCUT2D eigenvalue weighted by Crippen LogP contribution is 2.39. The van der Waals surface area contributed by atoms with E-state index < -0.39 is 10.0 Å². The first-order valence-electron chi connectivity index (χ1n) is 14.1. The van der Waals surface area contributed by atoms with Gasteiger partial charge in [-0.25, -0.2) is 13.6 Å². The standard InChI is InChI=1S/C28H38N8O2S/c29-39(37,38)27-24(15-19-9-13-36(14-10-19)18-20-16-31-17-20)5-6-25(26(27)28-32-34-35-33-28)23-3-1-21(2-4-23)22-7-11-30-12-8-22/h1-6,19-20,22,30-31H,7-18H2,(H2,29,37,38)(H,32,33,34,35). The maximum atomic E-state index is 13.1. The number of H-pyrrole nitrogens is 1. The van der Waals surface area contributed by atoms with Gasteiger partial charge in [0.2, 0.25) is 15.8 Å². The molecule has 0 saturated carbocycles. The molecule has 2 aromatic carbocycles. The van der Waals surface area contributed by atoms with Gasteiger partial charge in [0, 0.05) is 19.6 Å². The number of likely N-dealkylation sites (tertiary alicyclic amines) is 1. The zero-order chi connectivity index (χ0) is 26.8. The van der Waals surface area contributed by atoms with Gasteiger partial charge in [-0.3, -0.25) is 0 Å². The van der Waals surface area contributed by atoms with E-state index >= 15 is 0 Å². The lowest BCUT2D eigenvalue weighted by atomic mass is 9.86. The third-order valence-electron chi connectivity index (χ3n) is 8.72. The summed E-state index contributed by atoms with van der Waals surface area (Å²) in [5.74, 6) is 1.93. The van der Waals surface area contributed by atoms with Gasteiger partial charge in [0.05, 0.1) is 10.5 Å². The number of nitrogens with zero attached hydrogens (tertiary/aromatic N) is 4. The van der Waals surface area contributed by atoms with Crippen molar-refractivity contribution in [1.29, 1.82) is 0 Å². The number of primary sulfonamides is 1. The van der Waals surface area contributed by atoms with Crippen LogP contribution in [0, 0.1) is 11.8 Å². The van der Waals surface area contributed by atoms with Crippen LogP contribution >= 0.6 is 0 Å². The molecule has 3 aliphatic heterocycles. The fourth-order valence-corrected chi connectivity index (χ4v) is 7.46. The van der Waals surface area contributed by atoms with Gasteiger partial charge in [-0.05, 0) is 104 Å². The molecule has 3 saturated heterocycles. The SMILES string of the molecule is NS(=O)(=O)c1c(CC2CCN(CC3CNC3)CC2)ccc(-c2ccc(C3CCNCC3)cc2)c1-c1nn[nH]n1. The molecule has 0 unspecified atom stereocenters. The lowest BCUT2D eigenvalue weighted by molar-refractivity contribution is 0.140. The van der Waals surface area contributed by atoms with E-state index in [0.717, 1.165) is 94.1 Å². The minimum atomic E-state index is -4.07. The van der Waals surface area contributed by atoms with Crippen LogP contribution in [0.1, 0.15) is 42.7 Å². The molecule has 6 rings (SSSR count). The Morgan fingerprint density at radius 2 is 1.67 bits per heavy atom. The number of benzene rings is 2. The summed E-state index contributed by atoms with van der Waals surface area (Å²) in [5, 5.41) is 27.3. The number of rotatable bonds is 8. The smallest absolute Gasteiger partial charge is 0.239 e. The molecule has 3 fully saturated rings. The molecule has 0 bridgehead atoms. The molecule has 1 aromatic heterocycles. The van der Waals surface area contributed by atoms with Crippen molar-refractivity contribution in [3.8, 4) is 22.5 Å². The van der Waals surface area contributed by atoms with Gasteiger partial charge < -0.3 is 15.5 Å². The van der Waals surface area contributed by atoms with Crippen molar-refractivity contribution in [3.63, 3.8) is 0 Å². The molecule has 0 aliphatic carbocycles. The second-order valence-corrected chi connectivity index (χ2v) is 12.9. The lowest BCUT2D eigenvalue weighted by Crippen LogP contribution is -2.49. The number of aromatic amines is 1. The van der Waals surface area contributed by atoms with Crippen LogP contribution in [-0.4, -0.2) is 79.8 Å². The normalized spacial score (nSPS) is 20.2. The first kappa shape index (κ1) is 26.5. The third-order valence-corrected chi connectivity index (χ3v) is 9.76. The van der Waals surface area contributed by atoms with Crippen LogP contribution in [-0.2, 0) is 16.4 Å². The van der Waals surface area contributed by atoms with Crippen LogP contribution in [0.5, 0.6) is 0 Å². The van der Waals surface area contributed by atoms with E-state index in [4.69, 9.17) is 5.14 Å². The molecule has 0 atom stereocenters. The molecule has 5 N–H and O–H groups in total. The zero-order valence-electron chi connectivity index (χ0n) is 22.3. The Morgan fingerprint density at radius 3 is 2.28 bits per heavy atom. The lowest BCUT2D eigenvalue weighted by Gasteiger charge is -2.37. The molecular formula is C28H38N8O2S. The second kappa shape index (κ2) is 11.4. The highest BCUT2D eigenvalue weighted by Gasteiger charge is 2.30. The van der Waals surface area contributed by atoms with Crippen molar-refractivity contribution in [1.82, 2.24) is 36.2 Å². The van der Waals surface area contributed by atoms with Crippen molar-refractivity contribution in [2.45, 2.75) is 42.9 Å². The Bertz CT molecular complexity index is 1360. The summed E-state index contributed by atoms with van der Waals surface area (Å²) in [7, 11) is -4.07. The number of sulfonamides is 1. The van der Waals surface area contributed by atoms with Gasteiger partial charge in [-0.1, -0.05) is 36.4 Å². The Labute approximate surface area is 230 Å². The Kier molecular flexibility index (Phi) is 7.77. The fourth-order valence-electron chi connectivity index (χ4n) is 6.46. The van der Waals surface area contributed by atoms with Crippen LogP contribution in [0.3, 0.4) is 0 Å². The van der Waals surface area contributed by atoms with E-state index in [0.29, 0.717) is 23.8 Å². The predicted octanol–water partition coefficient (Wildman–Crippen LogP) is 2.12. The fraction of sp³-hybridized carbons (Fsp3) is 0.536. The molecule has 39 heavy (non-hydrogen) atoms. The molecule has 3 aromatic rings. The Hall–Kier alpha value is -2.70. The number of piperidine rings is 2. The number of aromatic nitrogens is 4. The number of tetrazole rings is 1. The van der Waals surface area contributed by atoms with Crippen molar-refractivity contribution >= 4 is 10.0 Å². The maximum absolute atomic E-state index is 13.1. The Balaban J connectivity index is 1.31. The largest absolute Gasteiger partial charge is 0.317 e. The topological polar surface area (TPSA) is 142 Å². The van der Waals surface area contributed by atoms with Crippen molar-refractivity contribution < 1.29 is 8.42 Å². The van der Waals surface area contributed by atoms with E-state index in [1.807, 2.05) is 12.1 Å². The average Bonchev–Trinajstić information content (AvgIpc) is 3.46. The zero-order valence-corrected chi connectivity index (χ0v) is 23.1. The maximum Gasteiger partial charge on any atom is 0.239 e. The quantitative estimate of drug-likeness (QED) is 0.334. The van der Waals surface area contributed by atoms with Gasteiger partial charge in [0.25, 0.3) is 0 Å². The summed E-state index contributed by atoms with van der Waals surface area (Å²) in [6.45, 7) is 7.54. The second-order valence-electron chi connectivity index (χ2n) is 11.4. The monoisotopic (exact) mass is 550 g/mol. The number of hydrogen-bond acceptors (Lipinski definition) is 8. The predicted molar refractivity (Wildman–Crippen MR) is 150 cm³/mol. The molecule has 10 nitrogen and oxygen atoms in total. The molecular weight excluding hydrogens is 512 g/mol. The third kappa shape index (κ3) is 5.92. The van der Waals surface area contributed by atoms with E-state index in [1.165, 1.54) is 5.56 Å². The van der Waals surface area contributed by atoms with Crippen LogP contribution in [0.25, 0.3) is 22.5 Å². The number of nitrogens with two attached hydrogens (primary N) is 1. The van der Waals surface area contributed by atoms with Crippen molar-refractivity contribution in [2.75, 3.05) is 45.8 Å². The Morgan fingerprint density at radius 1 is 0.923 bits per heavy atom. The van der Waals surface area contributed by atoms with Crippen molar-refractivity contribution in [2.24, 2.45) is 17.0 Å². The molecule has 0 radical (unpaired) electrons. The highest BCUT2D eigenvalue weighted by molar-refractivity contribution is 7.89. The van der Waals surface area contributed by atoms with Crippen LogP contribution in [0.15, 0.2) is 41.3 Å². The molecule has 208 valence electrons. The minimum Gasteiger partial charge on any atom is -0.317 e. The summed E-state index contributed by atoms with van der Waals surface area (Å²) in [4.78, 5) is 2.66. The average molecular weight is 551 g/mol. The van der Waals surface area contributed by atoms with E-state index in [-0.39, 0.29) is 10.7 Å². The van der Waals surface area contributed by atoms with Gasteiger partial charge in [-0.2, -0.15) is 5.21 Å². The first-order chi connectivity index (χ1) is 19.0. The van der Waals surface area contributed by atoms with Crippen LogP contribution < -0.4 is 15.8 Å². The molecule has 4 heterocycles. The minimum absolute atomic E-state index is 0.117. The molecule has 0 amide bonds. The summed E-state index contributed by atoms with van der Waals surface area (Å²) in [6, 6.07) is 12.4. The van der Waals surface area contributed by atoms with Gasteiger partial charge >= 0.3 is 0 Å². The summed E-state index contributed by atoms with van der Waals surface area (Å²) < 4.78 is 26.3. The van der Waals surface area contributed by atoms with E-state index in [2.05, 4.69) is 60.4 Å².